The van der Waals surface area contributed by atoms with Gasteiger partial charge < -0.3 is 15.4 Å². The third kappa shape index (κ3) is 3.19. The quantitative estimate of drug-likeness (QED) is 0.646. The Morgan fingerprint density at radius 3 is 2.50 bits per heavy atom. The molecule has 0 aliphatic heterocycles. The second kappa shape index (κ2) is 5.48. The van der Waals surface area contributed by atoms with Crippen molar-refractivity contribution in [3.63, 3.8) is 0 Å². The van der Waals surface area contributed by atoms with E-state index in [0.29, 0.717) is 0 Å². The van der Waals surface area contributed by atoms with Crippen LogP contribution in [0.4, 0.5) is 10.1 Å². The number of nitrogens with zero attached hydrogens (tertiary/aromatic N) is 1. The normalized spacial score (nSPS) is 11.8. The van der Waals surface area contributed by atoms with Gasteiger partial charge in [-0.2, -0.15) is 0 Å². The van der Waals surface area contributed by atoms with Gasteiger partial charge in [0.05, 0.1) is 5.56 Å². The molecule has 98 valence electrons. The molecule has 0 saturated heterocycles. The summed E-state index contributed by atoms with van der Waals surface area (Å²) in [6, 6.07) is 3.63. The van der Waals surface area contributed by atoms with Crippen LogP contribution in [0.25, 0.3) is 0 Å². The van der Waals surface area contributed by atoms with Gasteiger partial charge in [0, 0.05) is 19.8 Å². The summed E-state index contributed by atoms with van der Waals surface area (Å²) >= 11 is 0. The second-order valence-electron chi connectivity index (χ2n) is 4.02. The van der Waals surface area contributed by atoms with E-state index in [9.17, 15) is 14.0 Å². The molecular formula is C12H15FN2O3. The maximum absolute atomic E-state index is 13.4. The molecule has 0 heterocycles. The lowest BCUT2D eigenvalue weighted by Crippen LogP contribution is -2.35. The fraction of sp³-hybridized carbons (Fsp3) is 0.333. The van der Waals surface area contributed by atoms with E-state index < -0.39 is 17.9 Å². The molecule has 18 heavy (non-hydrogen) atoms. The largest absolute Gasteiger partial charge is 0.449 e. The van der Waals surface area contributed by atoms with Gasteiger partial charge in [0.15, 0.2) is 6.10 Å². The van der Waals surface area contributed by atoms with Crippen LogP contribution in [0, 0.1) is 5.82 Å². The van der Waals surface area contributed by atoms with Gasteiger partial charge in [0.1, 0.15) is 5.82 Å². The first-order valence-corrected chi connectivity index (χ1v) is 5.30. The van der Waals surface area contributed by atoms with Crippen molar-refractivity contribution >= 4 is 17.6 Å². The Morgan fingerprint density at radius 1 is 1.39 bits per heavy atom. The number of nitrogens with two attached hydrogens (primary N) is 1. The fourth-order valence-electron chi connectivity index (χ4n) is 1.33. The summed E-state index contributed by atoms with van der Waals surface area (Å²) in [5.41, 5.74) is 5.33. The molecule has 1 atom stereocenters. The van der Waals surface area contributed by atoms with Gasteiger partial charge in [-0.05, 0) is 25.1 Å². The molecule has 0 radical (unpaired) electrons. The molecule has 5 nitrogen and oxygen atoms in total. The minimum atomic E-state index is -0.968. The van der Waals surface area contributed by atoms with Gasteiger partial charge in [-0.1, -0.05) is 0 Å². The Morgan fingerprint density at radius 2 is 2.00 bits per heavy atom. The van der Waals surface area contributed by atoms with Crippen LogP contribution in [0.5, 0.6) is 0 Å². The van der Waals surface area contributed by atoms with Crippen molar-refractivity contribution in [2.75, 3.05) is 19.8 Å². The Labute approximate surface area is 104 Å². The van der Waals surface area contributed by atoms with E-state index in [1.807, 2.05) is 0 Å². The minimum Gasteiger partial charge on any atom is -0.449 e. The van der Waals surface area contributed by atoms with Crippen molar-refractivity contribution in [2.45, 2.75) is 13.0 Å². The molecule has 0 saturated carbocycles. The molecule has 0 spiro atoms. The number of rotatable bonds is 3. The molecule has 0 aromatic heterocycles. The van der Waals surface area contributed by atoms with Gasteiger partial charge in [0.25, 0.3) is 5.91 Å². The Balaban J connectivity index is 2.80. The van der Waals surface area contributed by atoms with E-state index in [2.05, 4.69) is 0 Å². The lowest BCUT2D eigenvalue weighted by Gasteiger charge is -2.17. The average Bonchev–Trinajstić information content (AvgIpc) is 2.27. The third-order valence-electron chi connectivity index (χ3n) is 2.29. The zero-order valence-corrected chi connectivity index (χ0v) is 10.4. The molecular weight excluding hydrogens is 239 g/mol. The summed E-state index contributed by atoms with van der Waals surface area (Å²) in [6.07, 6.45) is -0.968. The predicted octanol–water partition coefficient (Wildman–Crippen LogP) is 1.04. The van der Waals surface area contributed by atoms with Crippen molar-refractivity contribution in [1.29, 1.82) is 0 Å². The Hall–Kier alpha value is -2.11. The smallest absolute Gasteiger partial charge is 0.341 e. The van der Waals surface area contributed by atoms with E-state index in [0.717, 1.165) is 6.07 Å². The molecule has 1 aromatic carbocycles. The zero-order valence-electron chi connectivity index (χ0n) is 10.4. The number of esters is 1. The zero-order chi connectivity index (χ0) is 13.9. The average molecular weight is 254 g/mol. The number of nitrogen functional groups attached to an aromatic ring is 1. The van der Waals surface area contributed by atoms with Crippen LogP contribution in [0.3, 0.4) is 0 Å². The molecule has 0 bridgehead atoms. The molecule has 1 aromatic rings. The van der Waals surface area contributed by atoms with Crippen LogP contribution in [0.15, 0.2) is 18.2 Å². The van der Waals surface area contributed by atoms with Crippen LogP contribution in [-0.4, -0.2) is 37.0 Å². The number of carbonyl (C=O) groups excluding carboxylic acids is 2. The predicted molar refractivity (Wildman–Crippen MR) is 64.4 cm³/mol. The van der Waals surface area contributed by atoms with E-state index in [-0.39, 0.29) is 17.2 Å². The number of hydrogen-bond donors (Lipinski definition) is 1. The van der Waals surface area contributed by atoms with Crippen molar-refractivity contribution in [3.8, 4) is 0 Å². The first-order valence-electron chi connectivity index (χ1n) is 5.30. The lowest BCUT2D eigenvalue weighted by molar-refractivity contribution is -0.137. The van der Waals surface area contributed by atoms with Crippen molar-refractivity contribution in [1.82, 2.24) is 4.90 Å². The van der Waals surface area contributed by atoms with Gasteiger partial charge in [-0.25, -0.2) is 9.18 Å². The maximum atomic E-state index is 13.4. The number of hydrogen-bond acceptors (Lipinski definition) is 4. The van der Waals surface area contributed by atoms with Crippen LogP contribution in [0.2, 0.25) is 0 Å². The highest BCUT2D eigenvalue weighted by molar-refractivity contribution is 5.92. The Kier molecular flexibility index (Phi) is 4.25. The van der Waals surface area contributed by atoms with Crippen molar-refractivity contribution in [3.05, 3.63) is 29.6 Å². The first kappa shape index (κ1) is 14.0. The first-order chi connectivity index (χ1) is 8.32. The van der Waals surface area contributed by atoms with Crippen molar-refractivity contribution in [2.24, 2.45) is 0 Å². The highest BCUT2D eigenvalue weighted by atomic mass is 19.1. The van der Waals surface area contributed by atoms with Crippen LogP contribution >= 0.6 is 0 Å². The number of anilines is 1. The monoisotopic (exact) mass is 254 g/mol. The summed E-state index contributed by atoms with van der Waals surface area (Å²) in [6.45, 7) is 1.43. The molecule has 1 amide bonds. The van der Waals surface area contributed by atoms with E-state index in [4.69, 9.17) is 10.5 Å². The molecule has 2 N–H and O–H groups in total. The highest BCUT2D eigenvalue weighted by Gasteiger charge is 2.22. The number of ether oxygens (including phenoxy) is 1. The number of carbonyl (C=O) groups is 2. The van der Waals surface area contributed by atoms with Gasteiger partial charge in [-0.3, -0.25) is 4.79 Å². The van der Waals surface area contributed by atoms with Crippen molar-refractivity contribution < 1.29 is 18.7 Å². The standard InChI is InChI=1S/C12H15FN2O3/c1-7(11(16)15(2)3)18-12(17)9-5-4-8(14)6-10(9)13/h4-7H,14H2,1-3H3. The van der Waals surface area contributed by atoms with Gasteiger partial charge in [-0.15, -0.1) is 0 Å². The highest BCUT2D eigenvalue weighted by Crippen LogP contribution is 2.14. The summed E-state index contributed by atoms with van der Waals surface area (Å²) in [5.74, 6) is -2.04. The molecule has 1 rings (SSSR count). The number of halogens is 1. The number of benzene rings is 1. The van der Waals surface area contributed by atoms with E-state index >= 15 is 0 Å². The van der Waals surface area contributed by atoms with Gasteiger partial charge >= 0.3 is 5.97 Å². The molecule has 0 aliphatic carbocycles. The number of likely N-dealkylation sites (N-methyl/N-ethyl adjacent to an activating group) is 1. The third-order valence-corrected chi connectivity index (χ3v) is 2.29. The lowest BCUT2D eigenvalue weighted by atomic mass is 10.2. The molecule has 0 fully saturated rings. The van der Waals surface area contributed by atoms with Gasteiger partial charge in [0.2, 0.25) is 0 Å². The molecule has 0 aliphatic rings. The van der Waals surface area contributed by atoms with Crippen LogP contribution in [0.1, 0.15) is 17.3 Å². The summed E-state index contributed by atoms with van der Waals surface area (Å²) in [5, 5.41) is 0. The summed E-state index contributed by atoms with van der Waals surface area (Å²) < 4.78 is 18.3. The molecule has 1 unspecified atom stereocenters. The second-order valence-corrected chi connectivity index (χ2v) is 4.02. The van der Waals surface area contributed by atoms with E-state index in [1.54, 1.807) is 0 Å². The maximum Gasteiger partial charge on any atom is 0.341 e. The summed E-state index contributed by atoms with van der Waals surface area (Å²) in [4.78, 5) is 24.4. The minimum absolute atomic E-state index is 0.210. The van der Waals surface area contributed by atoms with E-state index in [1.165, 1.54) is 38.1 Å². The summed E-state index contributed by atoms with van der Waals surface area (Å²) in [7, 11) is 3.08. The number of amides is 1. The van der Waals surface area contributed by atoms with Crippen LogP contribution < -0.4 is 5.73 Å². The Bertz CT molecular complexity index is 474. The fourth-order valence-corrected chi connectivity index (χ4v) is 1.33. The van der Waals surface area contributed by atoms with Crippen LogP contribution in [-0.2, 0) is 9.53 Å². The topological polar surface area (TPSA) is 72.6 Å². The molecule has 6 heteroatoms. The SMILES string of the molecule is CC(OC(=O)c1ccc(N)cc1F)C(=O)N(C)C.